The fraction of sp³-hybridized carbons (Fsp3) is 0.103. The average molecular weight is 510 g/mol. The third-order valence-electron chi connectivity index (χ3n) is 6.22. The smallest absolute Gasteiger partial charge is 0.264 e. The molecule has 0 spiro atoms. The molecule has 0 aliphatic carbocycles. The number of hydrogen-bond donors (Lipinski definition) is 2. The number of pyridine rings is 1. The van der Waals surface area contributed by atoms with E-state index in [1.165, 1.54) is 6.92 Å². The zero-order valence-corrected chi connectivity index (χ0v) is 21.0. The van der Waals surface area contributed by atoms with E-state index >= 15 is 0 Å². The van der Waals surface area contributed by atoms with Crippen LogP contribution in [0, 0.1) is 0 Å². The van der Waals surface area contributed by atoms with Gasteiger partial charge in [-0.05, 0) is 55.1 Å². The molecule has 5 aromatic rings. The molecule has 2 heterocycles. The third-order valence-corrected chi connectivity index (χ3v) is 6.54. The van der Waals surface area contributed by atoms with Gasteiger partial charge in [-0.2, -0.15) is 4.98 Å². The molecule has 0 fully saturated rings. The van der Waals surface area contributed by atoms with Crippen molar-refractivity contribution in [2.75, 3.05) is 11.1 Å². The molecular weight excluding hydrogens is 486 g/mol. The van der Waals surface area contributed by atoms with Crippen LogP contribution in [-0.2, 0) is 0 Å². The number of hydrogen-bond acceptors (Lipinski definition) is 6. The summed E-state index contributed by atoms with van der Waals surface area (Å²) in [4.78, 5) is 34.3. The fourth-order valence-corrected chi connectivity index (χ4v) is 4.67. The van der Waals surface area contributed by atoms with Crippen molar-refractivity contribution in [1.29, 1.82) is 0 Å². The average Bonchev–Trinajstić information content (AvgIpc) is 2.89. The van der Waals surface area contributed by atoms with Crippen molar-refractivity contribution in [2.24, 2.45) is 0 Å². The van der Waals surface area contributed by atoms with Gasteiger partial charge in [-0.15, -0.1) is 0 Å². The lowest BCUT2D eigenvalue weighted by Crippen LogP contribution is -2.26. The molecule has 0 amide bonds. The highest BCUT2D eigenvalue weighted by Gasteiger charge is 2.20. The fourth-order valence-electron chi connectivity index (χ4n) is 4.40. The van der Waals surface area contributed by atoms with E-state index in [0.29, 0.717) is 33.0 Å². The van der Waals surface area contributed by atoms with Gasteiger partial charge in [0.2, 0.25) is 5.95 Å². The Bertz CT molecular complexity index is 1700. The molecule has 0 saturated heterocycles. The zero-order chi connectivity index (χ0) is 26.1. The summed E-state index contributed by atoms with van der Waals surface area (Å²) in [6.07, 6.45) is 1.63. The molecule has 184 valence electrons. The van der Waals surface area contributed by atoms with E-state index in [1.807, 2.05) is 67.6 Å². The van der Waals surface area contributed by atoms with Gasteiger partial charge in [0.25, 0.3) is 5.56 Å². The summed E-state index contributed by atoms with van der Waals surface area (Å²) in [5, 5.41) is 5.02. The minimum atomic E-state index is -0.375. The van der Waals surface area contributed by atoms with Crippen LogP contribution in [0.2, 0.25) is 5.02 Å². The van der Waals surface area contributed by atoms with Crippen LogP contribution in [0.15, 0.2) is 89.9 Å². The minimum Gasteiger partial charge on any atom is -0.368 e. The Morgan fingerprint density at radius 1 is 1.03 bits per heavy atom. The number of para-hydroxylation sites is 1. The van der Waals surface area contributed by atoms with Gasteiger partial charge < -0.3 is 11.1 Å². The zero-order valence-electron chi connectivity index (χ0n) is 20.3. The van der Waals surface area contributed by atoms with Crippen molar-refractivity contribution in [3.05, 3.63) is 112 Å². The topological polar surface area (TPSA) is 103 Å². The number of nitrogens with one attached hydrogen (secondary N) is 1. The number of halogens is 1. The lowest BCUT2D eigenvalue weighted by Gasteiger charge is -2.23. The highest BCUT2D eigenvalue weighted by Crippen LogP contribution is 2.31. The first kappa shape index (κ1) is 24.2. The number of nitrogens with two attached hydrogens (primary N) is 1. The second-order valence-electron chi connectivity index (χ2n) is 8.74. The first-order chi connectivity index (χ1) is 17.8. The van der Waals surface area contributed by atoms with Crippen LogP contribution in [0.4, 0.5) is 11.8 Å². The summed E-state index contributed by atoms with van der Waals surface area (Å²) < 4.78 is 1.66. The maximum atomic E-state index is 13.7. The summed E-state index contributed by atoms with van der Waals surface area (Å²) in [6.45, 7) is 3.47. The van der Waals surface area contributed by atoms with Crippen LogP contribution in [0.5, 0.6) is 0 Å². The molecule has 0 saturated carbocycles. The quantitative estimate of drug-likeness (QED) is 0.270. The lowest BCUT2D eigenvalue weighted by atomic mass is 10.0. The second-order valence-corrected chi connectivity index (χ2v) is 9.15. The van der Waals surface area contributed by atoms with Crippen LogP contribution in [0.1, 0.15) is 35.9 Å². The Morgan fingerprint density at radius 2 is 1.78 bits per heavy atom. The maximum absolute atomic E-state index is 13.7. The van der Waals surface area contributed by atoms with E-state index in [-0.39, 0.29) is 23.3 Å². The van der Waals surface area contributed by atoms with Gasteiger partial charge in [-0.3, -0.25) is 14.2 Å². The van der Waals surface area contributed by atoms with E-state index in [9.17, 15) is 9.59 Å². The normalized spacial score (nSPS) is 11.9. The largest absolute Gasteiger partial charge is 0.368 e. The van der Waals surface area contributed by atoms with E-state index in [1.54, 1.807) is 29.0 Å². The molecule has 1 atom stereocenters. The summed E-state index contributed by atoms with van der Waals surface area (Å²) in [5.74, 6) is 0.550. The van der Waals surface area contributed by atoms with Crippen LogP contribution >= 0.6 is 11.6 Å². The van der Waals surface area contributed by atoms with Gasteiger partial charge in [0, 0.05) is 28.7 Å². The number of Topliss-reactive ketones (excluding diaryl/α,β-unsaturated/α-hetero) is 1. The number of benzene rings is 3. The Morgan fingerprint density at radius 3 is 2.54 bits per heavy atom. The lowest BCUT2D eigenvalue weighted by molar-refractivity contribution is 0.101. The first-order valence-electron chi connectivity index (χ1n) is 11.7. The first-order valence-corrected chi connectivity index (χ1v) is 12.1. The van der Waals surface area contributed by atoms with Gasteiger partial charge in [0.15, 0.2) is 5.78 Å². The number of nitrogens with zero attached hydrogens (tertiary/aromatic N) is 3. The Kier molecular flexibility index (Phi) is 6.46. The molecule has 37 heavy (non-hydrogen) atoms. The SMILES string of the molecule is CC(=O)c1cccc(-c2cnc(N)nc2NC(C)c2cc3cccc(Cl)c3c(=O)n2-c2ccccc2)c1. The van der Waals surface area contributed by atoms with E-state index in [0.717, 1.165) is 16.6 Å². The van der Waals surface area contributed by atoms with Crippen molar-refractivity contribution >= 4 is 39.9 Å². The van der Waals surface area contributed by atoms with Gasteiger partial charge in [0.1, 0.15) is 5.82 Å². The number of anilines is 2. The van der Waals surface area contributed by atoms with Gasteiger partial charge >= 0.3 is 0 Å². The number of nitrogen functional groups attached to an aromatic ring is 1. The molecule has 7 nitrogen and oxygen atoms in total. The van der Waals surface area contributed by atoms with Gasteiger partial charge in [-0.1, -0.05) is 60.1 Å². The molecule has 0 bridgehead atoms. The molecule has 1 unspecified atom stereocenters. The minimum absolute atomic E-state index is 0.0391. The van der Waals surface area contributed by atoms with Gasteiger partial charge in [0.05, 0.1) is 16.5 Å². The summed E-state index contributed by atoms with van der Waals surface area (Å²) in [7, 11) is 0. The van der Waals surface area contributed by atoms with E-state index in [4.69, 9.17) is 17.3 Å². The van der Waals surface area contributed by atoms with Crippen LogP contribution in [0.25, 0.3) is 27.6 Å². The predicted molar refractivity (Wildman–Crippen MR) is 148 cm³/mol. The van der Waals surface area contributed by atoms with E-state index < -0.39 is 0 Å². The van der Waals surface area contributed by atoms with Crippen molar-refractivity contribution in [2.45, 2.75) is 19.9 Å². The predicted octanol–water partition coefficient (Wildman–Crippen LogP) is 6.06. The molecule has 3 aromatic carbocycles. The number of ketones is 1. The van der Waals surface area contributed by atoms with Crippen LogP contribution in [0.3, 0.4) is 0 Å². The highest BCUT2D eigenvalue weighted by molar-refractivity contribution is 6.35. The van der Waals surface area contributed by atoms with Gasteiger partial charge in [-0.25, -0.2) is 4.98 Å². The molecule has 2 aromatic heterocycles. The molecule has 8 heteroatoms. The summed E-state index contributed by atoms with van der Waals surface area (Å²) in [6, 6.07) is 23.7. The number of aromatic nitrogens is 3. The Balaban J connectivity index is 1.66. The molecule has 3 N–H and O–H groups in total. The molecule has 0 radical (unpaired) electrons. The Hall–Kier alpha value is -4.49. The monoisotopic (exact) mass is 509 g/mol. The number of fused-ring (bicyclic) bond motifs is 1. The Labute approximate surface area is 218 Å². The van der Waals surface area contributed by atoms with Crippen molar-refractivity contribution in [3.8, 4) is 16.8 Å². The molecule has 0 aliphatic heterocycles. The molecule has 5 rings (SSSR count). The number of rotatable bonds is 6. The van der Waals surface area contributed by atoms with E-state index in [2.05, 4.69) is 15.3 Å². The van der Waals surface area contributed by atoms with Crippen molar-refractivity contribution in [3.63, 3.8) is 0 Å². The standard InChI is InChI=1S/C29H24ClN5O2/c1-17(33-27-23(16-32-29(31)34-27)20-9-6-8-19(14-20)18(2)36)25-15-21-10-7-13-24(30)26(21)28(37)35(25)22-11-4-3-5-12-22/h3-17H,1-2H3,(H3,31,32,33,34). The maximum Gasteiger partial charge on any atom is 0.264 e. The second kappa shape index (κ2) is 9.87. The third kappa shape index (κ3) is 4.69. The summed E-state index contributed by atoms with van der Waals surface area (Å²) >= 11 is 6.44. The highest BCUT2D eigenvalue weighted by atomic mass is 35.5. The molecular formula is C29H24ClN5O2. The number of carbonyl (C=O) groups is 1. The van der Waals surface area contributed by atoms with Crippen LogP contribution in [-0.4, -0.2) is 20.3 Å². The molecule has 0 aliphatic rings. The summed E-state index contributed by atoms with van der Waals surface area (Å²) in [5.41, 5.74) is 9.20. The number of carbonyl (C=O) groups excluding carboxylic acids is 1. The van der Waals surface area contributed by atoms with Crippen molar-refractivity contribution in [1.82, 2.24) is 14.5 Å². The van der Waals surface area contributed by atoms with Crippen molar-refractivity contribution < 1.29 is 4.79 Å². The van der Waals surface area contributed by atoms with Crippen LogP contribution < -0.4 is 16.6 Å².